The number of hydrogen-bond acceptors (Lipinski definition) is 5. The van der Waals surface area contributed by atoms with Gasteiger partial charge in [0, 0.05) is 49.3 Å². The summed E-state index contributed by atoms with van der Waals surface area (Å²) < 4.78 is 14.9. The number of rotatable bonds is 2. The minimum atomic E-state index is -0.682. The lowest BCUT2D eigenvalue weighted by Crippen LogP contribution is -2.53. The van der Waals surface area contributed by atoms with E-state index < -0.39 is 11.9 Å². The first-order chi connectivity index (χ1) is 13.0. The molecule has 3 saturated heterocycles. The highest BCUT2D eigenvalue weighted by atomic mass is 19.1. The van der Waals surface area contributed by atoms with Gasteiger partial charge in [-0.3, -0.25) is 19.7 Å². The second-order valence-electron chi connectivity index (χ2n) is 7.77. The standard InChI is InChI=1S/C19H21FN4O3/c20-14-4-3-12-13(17(14)24-10-1-2-11(24)8-21-7-10)9-23(19(12)27)15-5-6-16(25)22-18(15)26/h3-4,10-11,15,21H,1-2,5-9H2,(H,22,25,26). The fourth-order valence-electron chi connectivity index (χ4n) is 5.02. The molecule has 4 aliphatic heterocycles. The highest BCUT2D eigenvalue weighted by Gasteiger charge is 2.44. The molecule has 3 unspecified atom stereocenters. The Bertz CT molecular complexity index is 842. The molecule has 3 amide bonds. The number of hydrogen-bond donors (Lipinski definition) is 2. The average molecular weight is 372 g/mol. The van der Waals surface area contributed by atoms with Crippen LogP contribution in [-0.4, -0.2) is 53.8 Å². The Morgan fingerprint density at radius 1 is 1.04 bits per heavy atom. The van der Waals surface area contributed by atoms with E-state index in [0.717, 1.165) is 25.9 Å². The average Bonchev–Trinajstić information content (AvgIpc) is 3.07. The summed E-state index contributed by atoms with van der Waals surface area (Å²) >= 11 is 0. The highest BCUT2D eigenvalue weighted by Crippen LogP contribution is 2.41. The summed E-state index contributed by atoms with van der Waals surface area (Å²) in [6.07, 6.45) is 2.53. The molecule has 142 valence electrons. The molecule has 0 saturated carbocycles. The van der Waals surface area contributed by atoms with Crippen LogP contribution in [0.25, 0.3) is 0 Å². The van der Waals surface area contributed by atoms with Crippen molar-refractivity contribution >= 4 is 23.4 Å². The Labute approximate surface area is 155 Å². The van der Waals surface area contributed by atoms with E-state index in [1.54, 1.807) is 0 Å². The van der Waals surface area contributed by atoms with Gasteiger partial charge in [0.25, 0.3) is 5.91 Å². The first-order valence-corrected chi connectivity index (χ1v) is 9.49. The van der Waals surface area contributed by atoms with Crippen molar-refractivity contribution in [1.29, 1.82) is 0 Å². The maximum absolute atomic E-state index is 14.9. The lowest BCUT2D eigenvalue weighted by molar-refractivity contribution is -0.136. The highest BCUT2D eigenvalue weighted by molar-refractivity contribution is 6.06. The van der Waals surface area contributed by atoms with Crippen LogP contribution in [0.4, 0.5) is 10.1 Å². The molecule has 7 nitrogen and oxygen atoms in total. The number of piperidine rings is 1. The van der Waals surface area contributed by atoms with Crippen LogP contribution < -0.4 is 15.5 Å². The number of anilines is 1. The number of imide groups is 1. The van der Waals surface area contributed by atoms with Crippen molar-refractivity contribution in [2.24, 2.45) is 0 Å². The van der Waals surface area contributed by atoms with E-state index in [0.29, 0.717) is 23.2 Å². The molecular formula is C19H21FN4O3. The third-order valence-corrected chi connectivity index (χ3v) is 6.28. The SMILES string of the molecule is O=C1CCC(N2Cc3c(ccc(F)c3N3C4CCC3CNC4)C2=O)C(=O)N1. The van der Waals surface area contributed by atoms with Gasteiger partial charge < -0.3 is 15.1 Å². The van der Waals surface area contributed by atoms with Crippen LogP contribution in [-0.2, 0) is 16.1 Å². The van der Waals surface area contributed by atoms with Crippen LogP contribution in [0.5, 0.6) is 0 Å². The number of halogens is 1. The molecule has 0 aromatic heterocycles. The largest absolute Gasteiger partial charge is 0.360 e. The first kappa shape index (κ1) is 16.7. The summed E-state index contributed by atoms with van der Waals surface area (Å²) in [6, 6.07) is 2.65. The molecule has 1 aromatic rings. The van der Waals surface area contributed by atoms with Gasteiger partial charge in [-0.15, -0.1) is 0 Å². The molecule has 1 aromatic carbocycles. The minimum absolute atomic E-state index is 0.205. The van der Waals surface area contributed by atoms with Gasteiger partial charge in [-0.1, -0.05) is 0 Å². The Morgan fingerprint density at radius 2 is 1.78 bits per heavy atom. The minimum Gasteiger partial charge on any atom is -0.360 e. The van der Waals surface area contributed by atoms with Crippen molar-refractivity contribution in [3.05, 3.63) is 29.1 Å². The molecule has 4 heterocycles. The predicted molar refractivity (Wildman–Crippen MR) is 94.6 cm³/mol. The van der Waals surface area contributed by atoms with E-state index in [4.69, 9.17) is 0 Å². The summed E-state index contributed by atoms with van der Waals surface area (Å²) in [7, 11) is 0. The molecule has 2 N–H and O–H groups in total. The summed E-state index contributed by atoms with van der Waals surface area (Å²) in [6.45, 7) is 1.83. The van der Waals surface area contributed by atoms with Gasteiger partial charge in [0.05, 0.1) is 5.69 Å². The normalized spacial score (nSPS) is 30.0. The third kappa shape index (κ3) is 2.46. The van der Waals surface area contributed by atoms with Crippen molar-refractivity contribution in [1.82, 2.24) is 15.5 Å². The third-order valence-electron chi connectivity index (χ3n) is 6.28. The Hall–Kier alpha value is -2.48. The molecule has 4 aliphatic rings. The quantitative estimate of drug-likeness (QED) is 0.740. The maximum Gasteiger partial charge on any atom is 0.255 e. The van der Waals surface area contributed by atoms with Crippen molar-refractivity contribution in [2.45, 2.75) is 50.4 Å². The second-order valence-corrected chi connectivity index (χ2v) is 7.77. The Morgan fingerprint density at radius 3 is 2.48 bits per heavy atom. The van der Waals surface area contributed by atoms with E-state index in [-0.39, 0.29) is 42.7 Å². The Kier molecular flexibility index (Phi) is 3.72. The number of amides is 3. The summed E-state index contributed by atoms with van der Waals surface area (Å²) in [5.74, 6) is -1.34. The molecule has 0 radical (unpaired) electrons. The number of benzene rings is 1. The molecule has 3 atom stereocenters. The van der Waals surface area contributed by atoms with Gasteiger partial charge in [0.15, 0.2) is 0 Å². The van der Waals surface area contributed by atoms with Gasteiger partial charge in [-0.2, -0.15) is 0 Å². The number of nitrogens with one attached hydrogen (secondary N) is 2. The van der Waals surface area contributed by atoms with Gasteiger partial charge in [0.1, 0.15) is 11.9 Å². The monoisotopic (exact) mass is 372 g/mol. The molecule has 0 aliphatic carbocycles. The summed E-state index contributed by atoms with van der Waals surface area (Å²) in [5, 5.41) is 5.69. The fourth-order valence-corrected chi connectivity index (χ4v) is 5.02. The zero-order valence-corrected chi connectivity index (χ0v) is 14.8. The van der Waals surface area contributed by atoms with Gasteiger partial charge in [0.2, 0.25) is 11.8 Å². The second kappa shape index (κ2) is 6.02. The van der Waals surface area contributed by atoms with Gasteiger partial charge in [-0.25, -0.2) is 4.39 Å². The van der Waals surface area contributed by atoms with Gasteiger partial charge >= 0.3 is 0 Å². The van der Waals surface area contributed by atoms with Gasteiger partial charge in [-0.05, 0) is 31.4 Å². The summed E-state index contributed by atoms with van der Waals surface area (Å²) in [4.78, 5) is 40.2. The molecule has 5 rings (SSSR count). The van der Waals surface area contributed by atoms with E-state index in [2.05, 4.69) is 15.5 Å². The number of nitrogens with zero attached hydrogens (tertiary/aromatic N) is 2. The molecule has 0 spiro atoms. The Balaban J connectivity index is 1.52. The van der Waals surface area contributed by atoms with E-state index >= 15 is 0 Å². The van der Waals surface area contributed by atoms with Crippen LogP contribution in [0.1, 0.15) is 41.6 Å². The van der Waals surface area contributed by atoms with Crippen LogP contribution in [0.15, 0.2) is 12.1 Å². The van der Waals surface area contributed by atoms with E-state index in [1.165, 1.54) is 17.0 Å². The van der Waals surface area contributed by atoms with E-state index in [1.807, 2.05) is 0 Å². The number of piperazine rings is 1. The van der Waals surface area contributed by atoms with Crippen LogP contribution in [0.2, 0.25) is 0 Å². The maximum atomic E-state index is 14.9. The lowest BCUT2D eigenvalue weighted by Gasteiger charge is -2.38. The van der Waals surface area contributed by atoms with E-state index in [9.17, 15) is 18.8 Å². The van der Waals surface area contributed by atoms with Crippen molar-refractivity contribution in [2.75, 3.05) is 18.0 Å². The summed E-state index contributed by atoms with van der Waals surface area (Å²) in [5.41, 5.74) is 1.65. The molecule has 27 heavy (non-hydrogen) atoms. The molecule has 2 bridgehead atoms. The number of carbonyl (C=O) groups excluding carboxylic acids is 3. The zero-order chi connectivity index (χ0) is 18.7. The van der Waals surface area contributed by atoms with Crippen LogP contribution in [0.3, 0.4) is 0 Å². The fraction of sp³-hybridized carbons (Fsp3) is 0.526. The predicted octanol–water partition coefficient (Wildman–Crippen LogP) is 0.527. The number of fused-ring (bicyclic) bond motifs is 3. The zero-order valence-electron chi connectivity index (χ0n) is 14.8. The molecular weight excluding hydrogens is 351 g/mol. The van der Waals surface area contributed by atoms with Crippen LogP contribution >= 0.6 is 0 Å². The van der Waals surface area contributed by atoms with Crippen molar-refractivity contribution in [3.8, 4) is 0 Å². The first-order valence-electron chi connectivity index (χ1n) is 9.49. The van der Waals surface area contributed by atoms with Crippen molar-refractivity contribution < 1.29 is 18.8 Å². The smallest absolute Gasteiger partial charge is 0.255 e. The molecule has 3 fully saturated rings. The molecule has 8 heteroatoms. The number of carbonyl (C=O) groups is 3. The lowest BCUT2D eigenvalue weighted by atomic mass is 10.0. The van der Waals surface area contributed by atoms with Crippen molar-refractivity contribution in [3.63, 3.8) is 0 Å². The van der Waals surface area contributed by atoms with Crippen LogP contribution in [0, 0.1) is 5.82 Å². The topological polar surface area (TPSA) is 81.8 Å².